The number of rotatable bonds is 6. The SMILES string of the molecule is C[Si](C)(C)CCOCN1C(=O)N(C2CC3(CCC(=O)CC3)C2)C2(COC2)C1=O. The smallest absolute Gasteiger partial charge is 0.330 e. The molecule has 0 N–H and O–H groups in total. The van der Waals surface area contributed by atoms with Crippen molar-refractivity contribution >= 4 is 25.8 Å². The minimum atomic E-state index is -1.22. The topological polar surface area (TPSA) is 76.2 Å². The fraction of sp³-hybridized carbons (Fsp3) is 0.850. The molecule has 4 fully saturated rings. The van der Waals surface area contributed by atoms with Gasteiger partial charge in [-0.15, -0.1) is 0 Å². The Bertz CT molecular complexity index is 667. The number of hydrogen-bond donors (Lipinski definition) is 0. The maximum absolute atomic E-state index is 13.1. The number of ketones is 1. The third-order valence-corrected chi connectivity index (χ3v) is 8.71. The summed E-state index contributed by atoms with van der Waals surface area (Å²) < 4.78 is 11.1. The Morgan fingerprint density at radius 2 is 1.75 bits per heavy atom. The molecule has 2 aliphatic heterocycles. The fourth-order valence-corrected chi connectivity index (χ4v) is 5.81. The molecule has 2 spiro atoms. The molecule has 0 atom stereocenters. The fourth-order valence-electron chi connectivity index (χ4n) is 5.06. The molecule has 3 amide bonds. The highest BCUT2D eigenvalue weighted by atomic mass is 28.3. The number of amides is 3. The quantitative estimate of drug-likeness (QED) is 0.384. The summed E-state index contributed by atoms with van der Waals surface area (Å²) >= 11 is 0. The lowest BCUT2D eigenvalue weighted by molar-refractivity contribution is -0.171. The number of Topliss-reactive ketones (excluding diaryl/α,β-unsaturated/α-hetero) is 1. The maximum Gasteiger partial charge on any atom is 0.330 e. The van der Waals surface area contributed by atoms with Gasteiger partial charge in [0.25, 0.3) is 5.91 Å². The van der Waals surface area contributed by atoms with Crippen molar-refractivity contribution in [3.8, 4) is 0 Å². The van der Waals surface area contributed by atoms with Crippen LogP contribution in [0.25, 0.3) is 0 Å². The summed E-state index contributed by atoms with van der Waals surface area (Å²) in [5, 5.41) is 0. The van der Waals surface area contributed by atoms with E-state index in [1.165, 1.54) is 4.90 Å². The normalized spacial score (nSPS) is 26.9. The van der Waals surface area contributed by atoms with Gasteiger partial charge in [0.2, 0.25) is 0 Å². The van der Waals surface area contributed by atoms with Crippen LogP contribution in [0.3, 0.4) is 0 Å². The van der Waals surface area contributed by atoms with Crippen molar-refractivity contribution in [2.45, 2.75) is 75.8 Å². The van der Waals surface area contributed by atoms with Crippen LogP contribution in [0.15, 0.2) is 0 Å². The molecule has 2 saturated heterocycles. The Morgan fingerprint density at radius 1 is 1.11 bits per heavy atom. The second-order valence-electron chi connectivity index (χ2n) is 10.4. The van der Waals surface area contributed by atoms with Gasteiger partial charge in [-0.25, -0.2) is 9.69 Å². The third-order valence-electron chi connectivity index (χ3n) is 7.01. The van der Waals surface area contributed by atoms with Gasteiger partial charge >= 0.3 is 6.03 Å². The van der Waals surface area contributed by atoms with Gasteiger partial charge in [0.15, 0.2) is 5.54 Å². The zero-order valence-corrected chi connectivity index (χ0v) is 18.3. The van der Waals surface area contributed by atoms with Gasteiger partial charge in [0, 0.05) is 33.6 Å². The van der Waals surface area contributed by atoms with E-state index >= 15 is 0 Å². The molecule has 2 saturated carbocycles. The first kappa shape index (κ1) is 20.0. The zero-order valence-electron chi connectivity index (χ0n) is 17.3. The van der Waals surface area contributed by atoms with Gasteiger partial charge in [-0.2, -0.15) is 0 Å². The summed E-state index contributed by atoms with van der Waals surface area (Å²) in [7, 11) is -1.22. The number of carbonyl (C=O) groups is 3. The summed E-state index contributed by atoms with van der Waals surface area (Å²) in [4.78, 5) is 40.8. The number of ether oxygens (including phenoxy) is 2. The van der Waals surface area contributed by atoms with Crippen molar-refractivity contribution in [2.75, 3.05) is 26.6 Å². The first-order valence-corrected chi connectivity index (χ1v) is 14.2. The Kier molecular flexibility index (Phi) is 4.95. The summed E-state index contributed by atoms with van der Waals surface area (Å²) in [6.45, 7) is 8.00. The lowest BCUT2D eigenvalue weighted by Gasteiger charge is -2.56. The van der Waals surface area contributed by atoms with Crippen LogP contribution in [0.4, 0.5) is 4.79 Å². The van der Waals surface area contributed by atoms with Crippen molar-refractivity contribution in [3.63, 3.8) is 0 Å². The van der Waals surface area contributed by atoms with E-state index in [2.05, 4.69) is 19.6 Å². The Balaban J connectivity index is 1.39. The number of carbonyl (C=O) groups excluding carboxylic acids is 3. The highest BCUT2D eigenvalue weighted by molar-refractivity contribution is 6.76. The predicted molar refractivity (Wildman–Crippen MR) is 106 cm³/mol. The van der Waals surface area contributed by atoms with Crippen LogP contribution < -0.4 is 0 Å². The number of nitrogens with zero attached hydrogens (tertiary/aromatic N) is 2. The van der Waals surface area contributed by atoms with Gasteiger partial charge in [-0.1, -0.05) is 19.6 Å². The highest BCUT2D eigenvalue weighted by Gasteiger charge is 2.66. The molecule has 8 heteroatoms. The van der Waals surface area contributed by atoms with E-state index in [4.69, 9.17) is 9.47 Å². The van der Waals surface area contributed by atoms with Crippen molar-refractivity contribution < 1.29 is 23.9 Å². The van der Waals surface area contributed by atoms with Gasteiger partial charge in [0.05, 0.1) is 13.2 Å². The Hall–Kier alpha value is -1.25. The highest BCUT2D eigenvalue weighted by Crippen LogP contribution is 2.55. The molecule has 0 radical (unpaired) electrons. The summed E-state index contributed by atoms with van der Waals surface area (Å²) in [6.07, 6.45) is 4.95. The second-order valence-corrected chi connectivity index (χ2v) is 16.0. The van der Waals surface area contributed by atoms with Crippen LogP contribution in [0.5, 0.6) is 0 Å². The van der Waals surface area contributed by atoms with Crippen LogP contribution >= 0.6 is 0 Å². The van der Waals surface area contributed by atoms with E-state index in [1.807, 2.05) is 0 Å². The van der Waals surface area contributed by atoms with Crippen molar-refractivity contribution in [1.82, 2.24) is 9.80 Å². The molecule has 4 rings (SSSR count). The average Bonchev–Trinajstić information content (AvgIpc) is 2.77. The molecule has 0 aromatic heterocycles. The molecule has 156 valence electrons. The number of imide groups is 1. The molecular formula is C20H32N2O5Si. The molecule has 0 unspecified atom stereocenters. The lowest BCUT2D eigenvalue weighted by Crippen LogP contribution is -2.68. The number of hydrogen-bond acceptors (Lipinski definition) is 5. The molecule has 2 heterocycles. The molecule has 0 bridgehead atoms. The largest absolute Gasteiger partial charge is 0.375 e. The van der Waals surface area contributed by atoms with Crippen molar-refractivity contribution in [2.24, 2.45) is 5.41 Å². The molecule has 4 aliphatic rings. The minimum absolute atomic E-state index is 0.0345. The van der Waals surface area contributed by atoms with Crippen LogP contribution in [0, 0.1) is 5.41 Å². The van der Waals surface area contributed by atoms with Gasteiger partial charge in [-0.3, -0.25) is 9.59 Å². The Labute approximate surface area is 167 Å². The molecular weight excluding hydrogens is 376 g/mol. The van der Waals surface area contributed by atoms with Gasteiger partial charge < -0.3 is 14.4 Å². The molecule has 7 nitrogen and oxygen atoms in total. The van der Waals surface area contributed by atoms with E-state index in [0.29, 0.717) is 25.2 Å². The zero-order chi connectivity index (χ0) is 20.2. The van der Waals surface area contributed by atoms with E-state index in [1.54, 1.807) is 4.90 Å². The molecule has 2 aliphatic carbocycles. The van der Waals surface area contributed by atoms with E-state index in [-0.39, 0.29) is 43.3 Å². The van der Waals surface area contributed by atoms with Gasteiger partial charge in [-0.05, 0) is 37.1 Å². The second kappa shape index (κ2) is 6.92. The van der Waals surface area contributed by atoms with Crippen molar-refractivity contribution in [1.29, 1.82) is 0 Å². The van der Waals surface area contributed by atoms with Crippen molar-refractivity contribution in [3.05, 3.63) is 0 Å². The maximum atomic E-state index is 13.1. The lowest BCUT2D eigenvalue weighted by atomic mass is 9.57. The molecule has 28 heavy (non-hydrogen) atoms. The first-order chi connectivity index (χ1) is 13.2. The van der Waals surface area contributed by atoms with E-state index in [0.717, 1.165) is 31.7 Å². The molecule has 0 aromatic rings. The summed E-state index contributed by atoms with van der Waals surface area (Å²) in [5.41, 5.74) is -0.634. The van der Waals surface area contributed by atoms with E-state index < -0.39 is 13.6 Å². The summed E-state index contributed by atoms with van der Waals surface area (Å²) in [6, 6.07) is 0.846. The third kappa shape index (κ3) is 3.33. The van der Waals surface area contributed by atoms with Crippen LogP contribution in [-0.4, -0.2) is 73.7 Å². The number of urea groups is 1. The molecule has 0 aromatic carbocycles. The monoisotopic (exact) mass is 408 g/mol. The van der Waals surface area contributed by atoms with Crippen LogP contribution in [0.1, 0.15) is 38.5 Å². The first-order valence-electron chi connectivity index (χ1n) is 10.5. The van der Waals surface area contributed by atoms with Crippen LogP contribution in [-0.2, 0) is 19.1 Å². The predicted octanol–water partition coefficient (Wildman–Crippen LogP) is 2.62. The van der Waals surface area contributed by atoms with E-state index in [9.17, 15) is 14.4 Å². The summed E-state index contributed by atoms with van der Waals surface area (Å²) in [5.74, 6) is 0.184. The average molecular weight is 409 g/mol. The van der Waals surface area contributed by atoms with Crippen LogP contribution in [0.2, 0.25) is 25.7 Å². The minimum Gasteiger partial charge on any atom is -0.375 e. The van der Waals surface area contributed by atoms with Gasteiger partial charge in [0.1, 0.15) is 12.5 Å². The standard InChI is InChI=1S/C20H32N2O5Si/c1-28(2,3)9-8-26-14-21-17(24)20(12-27-13-20)22(18(21)25)15-10-19(11-15)6-4-16(23)5-7-19/h15H,4-14H2,1-3H3. The Morgan fingerprint density at radius 3 is 2.29 bits per heavy atom.